The van der Waals surface area contributed by atoms with Gasteiger partial charge in [0.25, 0.3) is 0 Å². The molecular weight excluding hydrogens is 270 g/mol. The minimum Gasteiger partial charge on any atom is -0.355 e. The van der Waals surface area contributed by atoms with Crippen molar-refractivity contribution < 1.29 is 9.59 Å². The highest BCUT2D eigenvalue weighted by atomic mass is 16.2. The van der Waals surface area contributed by atoms with Gasteiger partial charge in [0.2, 0.25) is 11.8 Å². The lowest BCUT2D eigenvalue weighted by Gasteiger charge is -2.39. The summed E-state index contributed by atoms with van der Waals surface area (Å²) < 4.78 is 0. The van der Waals surface area contributed by atoms with Crippen LogP contribution in [0, 0.1) is 0 Å². The molecule has 0 bridgehead atoms. The number of piperazine rings is 1. The Balaban J connectivity index is 2.42. The van der Waals surface area contributed by atoms with Gasteiger partial charge in [-0.3, -0.25) is 14.5 Å². The number of carbonyl (C=O) groups is 2. The number of likely N-dealkylation sites (N-methyl/N-ethyl adjacent to an activating group) is 2. The summed E-state index contributed by atoms with van der Waals surface area (Å²) in [6.07, 6.45) is 0.892. The molecule has 7 heteroatoms. The SMILES string of the molecule is CCCNC(=O)CN(C)C(=O)CN1CCN(C)CC1CN. The van der Waals surface area contributed by atoms with E-state index in [0.717, 1.165) is 26.1 Å². The molecule has 21 heavy (non-hydrogen) atoms. The van der Waals surface area contributed by atoms with Gasteiger partial charge < -0.3 is 20.9 Å². The maximum absolute atomic E-state index is 12.2. The van der Waals surface area contributed by atoms with Crippen LogP contribution >= 0.6 is 0 Å². The van der Waals surface area contributed by atoms with E-state index in [-0.39, 0.29) is 24.4 Å². The molecule has 3 N–H and O–H groups in total. The molecule has 0 aromatic carbocycles. The van der Waals surface area contributed by atoms with Gasteiger partial charge in [0.1, 0.15) is 0 Å². The van der Waals surface area contributed by atoms with E-state index in [1.807, 2.05) is 6.92 Å². The number of hydrogen-bond donors (Lipinski definition) is 2. The number of hydrogen-bond acceptors (Lipinski definition) is 5. The largest absolute Gasteiger partial charge is 0.355 e. The quantitative estimate of drug-likeness (QED) is 0.601. The fourth-order valence-corrected chi connectivity index (χ4v) is 2.40. The third-order valence-electron chi connectivity index (χ3n) is 3.80. The van der Waals surface area contributed by atoms with Gasteiger partial charge in [0.05, 0.1) is 13.1 Å². The molecule has 1 fully saturated rings. The molecule has 0 radical (unpaired) electrons. The van der Waals surface area contributed by atoms with E-state index in [4.69, 9.17) is 5.73 Å². The summed E-state index contributed by atoms with van der Waals surface area (Å²) in [5.41, 5.74) is 5.79. The smallest absolute Gasteiger partial charge is 0.239 e. The number of nitrogens with zero attached hydrogens (tertiary/aromatic N) is 3. The molecule has 0 saturated carbocycles. The molecule has 1 heterocycles. The highest BCUT2D eigenvalue weighted by Gasteiger charge is 2.26. The molecule has 2 amide bonds. The van der Waals surface area contributed by atoms with Crippen LogP contribution in [0.3, 0.4) is 0 Å². The molecule has 1 unspecified atom stereocenters. The lowest BCUT2D eigenvalue weighted by Crippen LogP contribution is -2.57. The van der Waals surface area contributed by atoms with Gasteiger partial charge in [-0.1, -0.05) is 6.92 Å². The van der Waals surface area contributed by atoms with Crippen molar-refractivity contribution >= 4 is 11.8 Å². The van der Waals surface area contributed by atoms with Crippen LogP contribution in [0.1, 0.15) is 13.3 Å². The fraction of sp³-hybridized carbons (Fsp3) is 0.857. The van der Waals surface area contributed by atoms with E-state index in [1.165, 1.54) is 4.90 Å². The summed E-state index contributed by atoms with van der Waals surface area (Å²) in [7, 11) is 3.73. The minimum absolute atomic E-state index is 0.0374. The van der Waals surface area contributed by atoms with Crippen molar-refractivity contribution in [2.24, 2.45) is 5.73 Å². The van der Waals surface area contributed by atoms with Gasteiger partial charge in [0, 0.05) is 45.8 Å². The van der Waals surface area contributed by atoms with Crippen molar-refractivity contribution in [1.29, 1.82) is 0 Å². The van der Waals surface area contributed by atoms with Gasteiger partial charge >= 0.3 is 0 Å². The standard InChI is InChI=1S/C14H29N5O2/c1-4-5-16-13(20)10-18(3)14(21)11-19-7-6-17(2)9-12(19)8-15/h12H,4-11,15H2,1-3H3,(H,16,20). The van der Waals surface area contributed by atoms with E-state index in [0.29, 0.717) is 19.6 Å². The summed E-state index contributed by atoms with van der Waals surface area (Å²) in [4.78, 5) is 29.7. The second-order valence-corrected chi connectivity index (χ2v) is 5.72. The normalized spacial score (nSPS) is 20.3. The van der Waals surface area contributed by atoms with Gasteiger partial charge in [-0.15, -0.1) is 0 Å². The average molecular weight is 299 g/mol. The summed E-state index contributed by atoms with van der Waals surface area (Å²) >= 11 is 0. The zero-order valence-corrected chi connectivity index (χ0v) is 13.5. The molecule has 1 aliphatic rings. The van der Waals surface area contributed by atoms with Crippen LogP contribution in [0.2, 0.25) is 0 Å². The summed E-state index contributed by atoms with van der Waals surface area (Å²) in [6.45, 7) is 6.27. The maximum atomic E-state index is 12.2. The molecule has 1 rings (SSSR count). The van der Waals surface area contributed by atoms with E-state index < -0.39 is 0 Å². The summed E-state index contributed by atoms with van der Waals surface area (Å²) in [5, 5.41) is 2.77. The molecule has 1 aliphatic heterocycles. The third kappa shape index (κ3) is 5.99. The monoisotopic (exact) mass is 299 g/mol. The molecule has 7 nitrogen and oxygen atoms in total. The van der Waals surface area contributed by atoms with E-state index >= 15 is 0 Å². The van der Waals surface area contributed by atoms with Gasteiger partial charge in [-0.25, -0.2) is 0 Å². The second-order valence-electron chi connectivity index (χ2n) is 5.72. The van der Waals surface area contributed by atoms with Crippen molar-refractivity contribution in [2.45, 2.75) is 19.4 Å². The first kappa shape index (κ1) is 17.9. The Labute approximate surface area is 127 Å². The highest BCUT2D eigenvalue weighted by molar-refractivity contribution is 5.85. The van der Waals surface area contributed by atoms with Gasteiger partial charge in [0.15, 0.2) is 0 Å². The summed E-state index contributed by atoms with van der Waals surface area (Å²) in [6, 6.07) is 0.204. The Kier molecular flexibility index (Phi) is 7.63. The third-order valence-corrected chi connectivity index (χ3v) is 3.80. The Morgan fingerprint density at radius 2 is 2.10 bits per heavy atom. The van der Waals surface area contributed by atoms with Crippen LogP contribution in [0.25, 0.3) is 0 Å². The van der Waals surface area contributed by atoms with Gasteiger partial charge in [-0.05, 0) is 13.5 Å². The zero-order chi connectivity index (χ0) is 15.8. The number of amides is 2. The molecule has 1 atom stereocenters. The Hall–Kier alpha value is -1.18. The Morgan fingerprint density at radius 3 is 2.71 bits per heavy atom. The van der Waals surface area contributed by atoms with Crippen LogP contribution in [0.5, 0.6) is 0 Å². The van der Waals surface area contributed by atoms with Crippen molar-refractivity contribution in [3.63, 3.8) is 0 Å². The maximum Gasteiger partial charge on any atom is 0.239 e. The molecule has 0 spiro atoms. The topological polar surface area (TPSA) is 81.9 Å². The Bertz CT molecular complexity index is 350. The zero-order valence-electron chi connectivity index (χ0n) is 13.5. The van der Waals surface area contributed by atoms with E-state index in [2.05, 4.69) is 22.2 Å². The number of nitrogens with two attached hydrogens (primary N) is 1. The molecule has 122 valence electrons. The van der Waals surface area contributed by atoms with E-state index in [9.17, 15) is 9.59 Å². The van der Waals surface area contributed by atoms with Crippen LogP contribution in [-0.4, -0.2) is 92.5 Å². The van der Waals surface area contributed by atoms with Crippen molar-refractivity contribution in [3.8, 4) is 0 Å². The first-order valence-electron chi connectivity index (χ1n) is 7.61. The number of nitrogens with one attached hydrogen (secondary N) is 1. The lowest BCUT2D eigenvalue weighted by molar-refractivity contribution is -0.136. The highest BCUT2D eigenvalue weighted by Crippen LogP contribution is 2.07. The second kappa shape index (κ2) is 8.96. The van der Waals surface area contributed by atoms with Crippen LogP contribution in [0.4, 0.5) is 0 Å². The lowest BCUT2D eigenvalue weighted by atomic mass is 10.1. The molecule has 0 aromatic heterocycles. The fourth-order valence-electron chi connectivity index (χ4n) is 2.40. The van der Waals surface area contributed by atoms with Crippen LogP contribution < -0.4 is 11.1 Å². The molecular formula is C14H29N5O2. The minimum atomic E-state index is -0.110. The number of carbonyl (C=O) groups excluding carboxylic acids is 2. The molecule has 1 saturated heterocycles. The van der Waals surface area contributed by atoms with Crippen molar-refractivity contribution in [3.05, 3.63) is 0 Å². The van der Waals surface area contributed by atoms with Crippen molar-refractivity contribution in [1.82, 2.24) is 20.0 Å². The first-order valence-corrected chi connectivity index (χ1v) is 7.61. The van der Waals surface area contributed by atoms with Crippen LogP contribution in [0.15, 0.2) is 0 Å². The predicted molar refractivity (Wildman–Crippen MR) is 82.9 cm³/mol. The molecule has 0 aromatic rings. The summed E-state index contributed by atoms with van der Waals surface area (Å²) in [5.74, 6) is -0.147. The Morgan fingerprint density at radius 1 is 1.38 bits per heavy atom. The average Bonchev–Trinajstić information content (AvgIpc) is 2.46. The molecule has 0 aliphatic carbocycles. The van der Waals surface area contributed by atoms with Gasteiger partial charge in [-0.2, -0.15) is 0 Å². The number of rotatable bonds is 7. The van der Waals surface area contributed by atoms with E-state index in [1.54, 1.807) is 7.05 Å². The first-order chi connectivity index (χ1) is 9.97. The van der Waals surface area contributed by atoms with Crippen molar-refractivity contribution in [2.75, 3.05) is 59.9 Å². The predicted octanol–water partition coefficient (Wildman–Crippen LogP) is -1.45. The van der Waals surface area contributed by atoms with Crippen LogP contribution in [-0.2, 0) is 9.59 Å².